The van der Waals surface area contributed by atoms with Crippen molar-refractivity contribution >= 4 is 22.8 Å². The number of hydrogen-bond acceptors (Lipinski definition) is 6. The third kappa shape index (κ3) is 5.12. The Morgan fingerprint density at radius 1 is 1.14 bits per heavy atom. The topological polar surface area (TPSA) is 80.3 Å². The number of fused-ring (bicyclic) bond motifs is 1. The van der Waals surface area contributed by atoms with Gasteiger partial charge in [-0.2, -0.15) is 13.2 Å². The molecule has 7 nitrogen and oxygen atoms in total. The predicted molar refractivity (Wildman–Crippen MR) is 124 cm³/mol. The summed E-state index contributed by atoms with van der Waals surface area (Å²) in [4.78, 5) is 25.9. The van der Waals surface area contributed by atoms with Crippen LogP contribution < -0.4 is 4.90 Å². The van der Waals surface area contributed by atoms with Crippen molar-refractivity contribution in [2.24, 2.45) is 5.92 Å². The Hall–Kier alpha value is -3.14. The molecule has 2 aromatic heterocycles. The van der Waals surface area contributed by atoms with Gasteiger partial charge in [-0.3, -0.25) is 4.79 Å². The molecule has 3 aromatic rings. The maximum Gasteiger partial charge on any atom is 0.416 e. The summed E-state index contributed by atoms with van der Waals surface area (Å²) in [6, 6.07) is 7.25. The Kier molecular flexibility index (Phi) is 6.39. The van der Waals surface area contributed by atoms with Crippen LogP contribution in [0.4, 0.5) is 19.0 Å². The summed E-state index contributed by atoms with van der Waals surface area (Å²) in [6.07, 6.45) is 0.839. The van der Waals surface area contributed by atoms with E-state index < -0.39 is 11.7 Å². The van der Waals surface area contributed by atoms with Gasteiger partial charge in [0.1, 0.15) is 11.6 Å². The monoisotopic (exact) mass is 488 g/mol. The fourth-order valence-corrected chi connectivity index (χ4v) is 4.66. The molecule has 3 heterocycles. The molecule has 0 atom stereocenters. The zero-order chi connectivity index (χ0) is 24.6. The lowest BCUT2D eigenvalue weighted by Crippen LogP contribution is -2.43. The molecule has 1 saturated carbocycles. The number of rotatable bonds is 6. The van der Waals surface area contributed by atoms with Crippen molar-refractivity contribution in [3.63, 3.8) is 0 Å². The first-order chi connectivity index (χ1) is 16.8. The fraction of sp³-hybridized carbons (Fsp3) is 0.480. The third-order valence-corrected chi connectivity index (χ3v) is 6.70. The van der Waals surface area contributed by atoms with Crippen molar-refractivity contribution in [3.05, 3.63) is 42.1 Å². The summed E-state index contributed by atoms with van der Waals surface area (Å²) in [6.45, 7) is 3.86. The molecule has 1 saturated heterocycles. The van der Waals surface area contributed by atoms with Crippen molar-refractivity contribution in [2.45, 2.75) is 51.0 Å². The summed E-state index contributed by atoms with van der Waals surface area (Å²) >= 11 is 0. The quantitative estimate of drug-likeness (QED) is 0.494. The molecule has 1 N–H and O–H groups in total. The highest BCUT2D eigenvalue weighted by atomic mass is 19.4. The van der Waals surface area contributed by atoms with Gasteiger partial charge in [-0.05, 0) is 62.9 Å². The summed E-state index contributed by atoms with van der Waals surface area (Å²) < 4.78 is 50.1. The highest BCUT2D eigenvalue weighted by Gasteiger charge is 2.38. The normalized spacial score (nSPS) is 21.2. The van der Waals surface area contributed by atoms with Crippen LogP contribution in [0.1, 0.15) is 38.2 Å². The number of benzene rings is 1. The minimum atomic E-state index is -4.40. The van der Waals surface area contributed by atoms with Gasteiger partial charge in [0, 0.05) is 24.8 Å². The van der Waals surface area contributed by atoms with E-state index in [0.29, 0.717) is 29.0 Å². The van der Waals surface area contributed by atoms with E-state index in [0.717, 1.165) is 56.7 Å². The minimum absolute atomic E-state index is 0.0267. The average Bonchev–Trinajstić information content (AvgIpc) is 3.25. The number of hydrogen-bond donors (Lipinski definition) is 1. The second kappa shape index (κ2) is 9.49. The molecule has 0 bridgehead atoms. The first-order valence-corrected chi connectivity index (χ1v) is 11.9. The molecule has 10 heteroatoms. The van der Waals surface area contributed by atoms with E-state index in [1.807, 2.05) is 19.1 Å². The van der Waals surface area contributed by atoms with E-state index in [1.165, 1.54) is 6.07 Å². The van der Waals surface area contributed by atoms with Crippen LogP contribution in [0.15, 0.2) is 36.5 Å². The van der Waals surface area contributed by atoms with Crippen molar-refractivity contribution < 1.29 is 27.4 Å². The van der Waals surface area contributed by atoms with Gasteiger partial charge in [0.15, 0.2) is 0 Å². The van der Waals surface area contributed by atoms with Gasteiger partial charge in [-0.1, -0.05) is 0 Å². The average molecular weight is 489 g/mol. The van der Waals surface area contributed by atoms with Gasteiger partial charge in [0.2, 0.25) is 0 Å². The minimum Gasteiger partial charge on any atom is -0.466 e. The van der Waals surface area contributed by atoms with Crippen LogP contribution in [0.5, 0.6) is 0 Å². The molecular weight excluding hydrogens is 461 g/mol. The van der Waals surface area contributed by atoms with Crippen LogP contribution in [-0.2, 0) is 20.4 Å². The molecule has 1 aromatic carbocycles. The van der Waals surface area contributed by atoms with Gasteiger partial charge >= 0.3 is 12.1 Å². The van der Waals surface area contributed by atoms with Crippen LogP contribution in [0.3, 0.4) is 0 Å². The number of nitrogens with zero attached hydrogens (tertiary/aromatic N) is 3. The summed E-state index contributed by atoms with van der Waals surface area (Å²) in [5.41, 5.74) is 0.801. The molecule has 2 aliphatic rings. The summed E-state index contributed by atoms with van der Waals surface area (Å²) in [5.74, 6) is 1.17. The number of carbonyl (C=O) groups excluding carboxylic acids is 1. The van der Waals surface area contributed by atoms with Crippen LogP contribution in [-0.4, -0.2) is 52.8 Å². The van der Waals surface area contributed by atoms with E-state index >= 15 is 0 Å². The number of nitrogens with one attached hydrogen (secondary N) is 1. The van der Waals surface area contributed by atoms with Crippen molar-refractivity contribution in [2.75, 3.05) is 24.6 Å². The Morgan fingerprint density at radius 3 is 2.57 bits per heavy atom. The molecule has 5 rings (SSSR count). The zero-order valence-corrected chi connectivity index (χ0v) is 19.3. The van der Waals surface area contributed by atoms with Crippen molar-refractivity contribution in [1.29, 1.82) is 0 Å². The van der Waals surface area contributed by atoms with Crippen LogP contribution in [0, 0.1) is 5.92 Å². The summed E-state index contributed by atoms with van der Waals surface area (Å²) in [5, 5.41) is 0. The number of alkyl halides is 3. The smallest absolute Gasteiger partial charge is 0.416 e. The largest absolute Gasteiger partial charge is 0.466 e. The van der Waals surface area contributed by atoms with Gasteiger partial charge < -0.3 is 19.4 Å². The first kappa shape index (κ1) is 23.6. The van der Waals surface area contributed by atoms with E-state index in [4.69, 9.17) is 9.47 Å². The van der Waals surface area contributed by atoms with Crippen molar-refractivity contribution in [3.8, 4) is 11.4 Å². The van der Waals surface area contributed by atoms with E-state index in [-0.39, 0.29) is 24.1 Å². The van der Waals surface area contributed by atoms with Gasteiger partial charge in [-0.15, -0.1) is 0 Å². The molecule has 1 aliphatic carbocycles. The molecule has 35 heavy (non-hydrogen) atoms. The second-order valence-corrected chi connectivity index (χ2v) is 9.09. The summed E-state index contributed by atoms with van der Waals surface area (Å²) in [7, 11) is 0. The number of anilines is 1. The van der Waals surface area contributed by atoms with Gasteiger partial charge in [0.05, 0.1) is 41.3 Å². The number of aromatic nitrogens is 3. The van der Waals surface area contributed by atoms with E-state index in [9.17, 15) is 18.0 Å². The lowest BCUT2D eigenvalue weighted by molar-refractivity contribution is -0.160. The molecule has 0 unspecified atom stereocenters. The number of pyridine rings is 1. The molecule has 0 radical (unpaired) electrons. The van der Waals surface area contributed by atoms with E-state index in [2.05, 4.69) is 19.9 Å². The van der Waals surface area contributed by atoms with Crippen molar-refractivity contribution in [1.82, 2.24) is 15.0 Å². The lowest BCUT2D eigenvalue weighted by atomic mass is 9.82. The predicted octanol–water partition coefficient (Wildman–Crippen LogP) is 4.97. The molecular formula is C25H27F3N4O3. The van der Waals surface area contributed by atoms with Gasteiger partial charge in [-0.25, -0.2) is 9.97 Å². The Balaban J connectivity index is 1.15. The maximum atomic E-state index is 13.0. The standard InChI is InChI=1S/C25H27F3N4O3/c1-2-34-24(33)16-11-19(12-16)35-18-7-9-32(10-8-18)22-6-3-15(14-29-22)23-30-20-5-4-17(25(26,27)28)13-21(20)31-23/h3-6,13-14,16,18-19H,2,7-12H2,1H3,(H,30,31)/t16-,19-. The molecule has 2 fully saturated rings. The number of imidazole rings is 1. The first-order valence-electron chi connectivity index (χ1n) is 11.9. The second-order valence-electron chi connectivity index (χ2n) is 9.09. The number of halogens is 3. The number of ether oxygens (including phenoxy) is 2. The zero-order valence-electron chi connectivity index (χ0n) is 19.3. The Labute approximate surface area is 200 Å². The number of H-pyrrole nitrogens is 1. The highest BCUT2D eigenvalue weighted by Crippen LogP contribution is 2.34. The van der Waals surface area contributed by atoms with Crippen LogP contribution in [0.2, 0.25) is 0 Å². The molecule has 1 aliphatic heterocycles. The maximum absolute atomic E-state index is 13.0. The number of esters is 1. The Morgan fingerprint density at radius 2 is 1.91 bits per heavy atom. The molecule has 0 spiro atoms. The highest BCUT2D eigenvalue weighted by molar-refractivity contribution is 5.80. The van der Waals surface area contributed by atoms with E-state index in [1.54, 1.807) is 6.20 Å². The fourth-order valence-electron chi connectivity index (χ4n) is 4.66. The molecule has 186 valence electrons. The van der Waals surface area contributed by atoms with Crippen LogP contribution >= 0.6 is 0 Å². The number of aromatic amines is 1. The Bertz CT molecular complexity index is 1180. The number of piperidine rings is 1. The molecule has 0 amide bonds. The van der Waals surface area contributed by atoms with Gasteiger partial charge in [0.25, 0.3) is 0 Å². The third-order valence-electron chi connectivity index (χ3n) is 6.70. The van der Waals surface area contributed by atoms with Crippen LogP contribution in [0.25, 0.3) is 22.4 Å². The SMILES string of the molecule is CCOC(=O)[C@H]1C[C@H](OC2CCN(c3ccc(-c4nc5ccc(C(F)(F)F)cc5[nH]4)cn3)CC2)C1. The lowest BCUT2D eigenvalue weighted by Gasteiger charge is -2.39. The number of carbonyl (C=O) groups is 1.